The van der Waals surface area contributed by atoms with Gasteiger partial charge in [-0.2, -0.15) is 0 Å². The fourth-order valence-electron chi connectivity index (χ4n) is 2.11. The summed E-state index contributed by atoms with van der Waals surface area (Å²) in [4.78, 5) is 27.0. The zero-order chi connectivity index (χ0) is 22.7. The third kappa shape index (κ3) is 8.96. The number of hydrogen-bond donors (Lipinski definition) is 6. The summed E-state index contributed by atoms with van der Waals surface area (Å²) in [6.45, 7) is 3.25. The molecule has 6 N–H and O–H groups in total. The number of rotatable bonds is 0. The first-order valence-corrected chi connectivity index (χ1v) is 8.02. The lowest BCUT2D eigenvalue weighted by atomic mass is 10.0. The molecule has 3 aromatic carbocycles. The number of fused-ring (bicyclic) bond motifs is 2. The maximum Gasteiger partial charge on any atom is 0.300 e. The number of hydrogen-bond acceptors (Lipinski definition) is 6. The molecule has 0 aromatic heterocycles. The van der Waals surface area contributed by atoms with E-state index in [0.717, 1.165) is 20.8 Å². The number of carbonyl (C=O) groups is 3. The summed E-state index contributed by atoms with van der Waals surface area (Å²) in [6, 6.07) is 11.6. The van der Waals surface area contributed by atoms with E-state index < -0.39 is 17.9 Å². The van der Waals surface area contributed by atoms with Crippen LogP contribution in [-0.4, -0.2) is 48.5 Å². The molecule has 0 atom stereocenters. The number of phenols is 3. The average Bonchev–Trinajstić information content (AvgIpc) is 2.55. The number of aromatic hydroxyl groups is 3. The fraction of sp³-hybridized carbons (Fsp3) is 0.150. The molecule has 0 bridgehead atoms. The van der Waals surface area contributed by atoms with Gasteiger partial charge in [-0.3, -0.25) is 14.4 Å². The maximum atomic E-state index is 10.1. The van der Waals surface area contributed by atoms with Crippen LogP contribution >= 0.6 is 0 Å². The molecule has 0 unspecified atom stereocenters. The molecule has 3 rings (SSSR count). The van der Waals surface area contributed by atoms with Crippen LogP contribution in [0.1, 0.15) is 20.8 Å². The Morgan fingerprint density at radius 3 is 1.14 bits per heavy atom. The van der Waals surface area contributed by atoms with Crippen molar-refractivity contribution >= 4 is 39.5 Å². The lowest BCUT2D eigenvalue weighted by Crippen LogP contribution is -1.80. The first-order chi connectivity index (χ1) is 13.4. The number of carboxylic acids is 3. The summed E-state index contributed by atoms with van der Waals surface area (Å²) in [6.07, 6.45) is 0. The van der Waals surface area contributed by atoms with Crippen molar-refractivity contribution in [3.05, 3.63) is 42.5 Å². The minimum absolute atomic E-state index is 0.0734. The normalized spacial score (nSPS) is 9.07. The predicted molar refractivity (Wildman–Crippen MR) is 106 cm³/mol. The standard InChI is InChI=1S/C14H10O3.3C2H4O2/c15-12-5-1-3-8-10(12)7-11-9(14(8)17)4-2-6-13(11)16;3*1-2(3)4/h1-7,15-17H;3*1H3,(H,3,4). The minimum atomic E-state index is -0.833. The fourth-order valence-corrected chi connectivity index (χ4v) is 2.11. The zero-order valence-electron chi connectivity index (χ0n) is 15.9. The molecule has 0 amide bonds. The smallest absolute Gasteiger partial charge is 0.300 e. The highest BCUT2D eigenvalue weighted by Crippen LogP contribution is 2.40. The van der Waals surface area contributed by atoms with Crippen LogP contribution in [0.3, 0.4) is 0 Å². The topological polar surface area (TPSA) is 173 Å². The molecule has 0 saturated carbocycles. The number of aliphatic carboxylic acids is 3. The SMILES string of the molecule is CC(=O)O.CC(=O)O.CC(=O)O.Oc1cccc2c(O)c3cccc(O)c3cc12. The summed E-state index contributed by atoms with van der Waals surface area (Å²) >= 11 is 0. The van der Waals surface area contributed by atoms with Crippen molar-refractivity contribution < 1.29 is 45.0 Å². The summed E-state index contributed by atoms with van der Waals surface area (Å²) in [5.41, 5.74) is 0. The predicted octanol–water partition coefficient (Wildman–Crippen LogP) is 3.38. The highest BCUT2D eigenvalue weighted by Gasteiger charge is 2.10. The van der Waals surface area contributed by atoms with E-state index in [9.17, 15) is 15.3 Å². The average molecular weight is 406 g/mol. The molecule has 0 saturated heterocycles. The van der Waals surface area contributed by atoms with Gasteiger partial charge in [0.25, 0.3) is 17.9 Å². The van der Waals surface area contributed by atoms with E-state index in [1.54, 1.807) is 42.5 Å². The van der Waals surface area contributed by atoms with Crippen molar-refractivity contribution in [3.8, 4) is 17.2 Å². The molecule has 0 spiro atoms. The molecule has 9 heteroatoms. The molecule has 0 aliphatic heterocycles. The zero-order valence-corrected chi connectivity index (χ0v) is 15.9. The Kier molecular flexibility index (Phi) is 10.0. The molecular formula is C20H22O9. The van der Waals surface area contributed by atoms with Gasteiger partial charge >= 0.3 is 0 Å². The van der Waals surface area contributed by atoms with Gasteiger partial charge < -0.3 is 30.6 Å². The molecule has 29 heavy (non-hydrogen) atoms. The van der Waals surface area contributed by atoms with E-state index in [0.29, 0.717) is 21.5 Å². The van der Waals surface area contributed by atoms with Crippen LogP contribution in [-0.2, 0) is 14.4 Å². The van der Waals surface area contributed by atoms with Crippen molar-refractivity contribution in [2.75, 3.05) is 0 Å². The van der Waals surface area contributed by atoms with Gasteiger partial charge in [-0.25, -0.2) is 0 Å². The van der Waals surface area contributed by atoms with Gasteiger partial charge in [0.2, 0.25) is 0 Å². The van der Waals surface area contributed by atoms with E-state index in [1.165, 1.54) is 0 Å². The Morgan fingerprint density at radius 1 is 0.586 bits per heavy atom. The largest absolute Gasteiger partial charge is 0.507 e. The van der Waals surface area contributed by atoms with Gasteiger partial charge in [-0.05, 0) is 18.2 Å². The van der Waals surface area contributed by atoms with Crippen molar-refractivity contribution in [1.29, 1.82) is 0 Å². The summed E-state index contributed by atoms with van der Waals surface area (Å²) in [5.74, 6) is -2.25. The highest BCUT2D eigenvalue weighted by molar-refractivity contribution is 6.08. The van der Waals surface area contributed by atoms with Crippen LogP contribution < -0.4 is 0 Å². The highest BCUT2D eigenvalue weighted by atomic mass is 16.4. The van der Waals surface area contributed by atoms with Crippen LogP contribution in [0.15, 0.2) is 42.5 Å². The second-order valence-corrected chi connectivity index (χ2v) is 5.53. The molecule has 9 nitrogen and oxygen atoms in total. The molecule has 0 aliphatic carbocycles. The van der Waals surface area contributed by atoms with Crippen LogP contribution in [0.4, 0.5) is 0 Å². The Labute approximate surface area is 165 Å². The van der Waals surface area contributed by atoms with Gasteiger partial charge in [0.1, 0.15) is 17.2 Å². The third-order valence-electron chi connectivity index (χ3n) is 2.97. The molecule has 0 aliphatic rings. The monoisotopic (exact) mass is 406 g/mol. The lowest BCUT2D eigenvalue weighted by molar-refractivity contribution is -0.135. The Morgan fingerprint density at radius 2 is 0.862 bits per heavy atom. The van der Waals surface area contributed by atoms with Crippen molar-refractivity contribution in [2.24, 2.45) is 0 Å². The van der Waals surface area contributed by atoms with E-state index in [-0.39, 0.29) is 17.2 Å². The lowest BCUT2D eigenvalue weighted by Gasteiger charge is -2.08. The van der Waals surface area contributed by atoms with Crippen LogP contribution in [0, 0.1) is 0 Å². The van der Waals surface area contributed by atoms with Gasteiger partial charge in [0, 0.05) is 42.3 Å². The van der Waals surface area contributed by atoms with E-state index >= 15 is 0 Å². The molecular weight excluding hydrogens is 384 g/mol. The van der Waals surface area contributed by atoms with Crippen LogP contribution in [0.5, 0.6) is 17.2 Å². The van der Waals surface area contributed by atoms with Crippen LogP contribution in [0.25, 0.3) is 21.5 Å². The molecule has 156 valence electrons. The molecule has 0 fully saturated rings. The quantitative estimate of drug-likeness (QED) is 0.306. The summed E-state index contributed by atoms with van der Waals surface area (Å²) in [5, 5.41) is 54.1. The number of phenolic OH excluding ortho intramolecular Hbond substituents is 3. The Hall–Kier alpha value is -4.01. The van der Waals surface area contributed by atoms with Crippen molar-refractivity contribution in [3.63, 3.8) is 0 Å². The summed E-state index contributed by atoms with van der Waals surface area (Å²) in [7, 11) is 0. The van der Waals surface area contributed by atoms with Gasteiger partial charge in [-0.1, -0.05) is 24.3 Å². The molecule has 0 radical (unpaired) electrons. The first-order valence-electron chi connectivity index (χ1n) is 8.02. The first kappa shape index (κ1) is 25.0. The number of benzene rings is 3. The molecule has 3 aromatic rings. The maximum absolute atomic E-state index is 10.1. The summed E-state index contributed by atoms with van der Waals surface area (Å²) < 4.78 is 0. The second kappa shape index (κ2) is 11.7. The Bertz CT molecular complexity index is 909. The van der Waals surface area contributed by atoms with E-state index in [2.05, 4.69) is 0 Å². The Balaban J connectivity index is 0.000000544. The van der Waals surface area contributed by atoms with Gasteiger partial charge in [0.15, 0.2) is 0 Å². The van der Waals surface area contributed by atoms with Gasteiger partial charge in [-0.15, -0.1) is 0 Å². The molecule has 0 heterocycles. The second-order valence-electron chi connectivity index (χ2n) is 5.53. The van der Waals surface area contributed by atoms with E-state index in [1.807, 2.05) is 0 Å². The third-order valence-corrected chi connectivity index (χ3v) is 2.97. The van der Waals surface area contributed by atoms with Crippen molar-refractivity contribution in [1.82, 2.24) is 0 Å². The van der Waals surface area contributed by atoms with Crippen molar-refractivity contribution in [2.45, 2.75) is 20.8 Å². The number of carboxylic acid groups (broad SMARTS) is 3. The van der Waals surface area contributed by atoms with Crippen LogP contribution in [0.2, 0.25) is 0 Å². The van der Waals surface area contributed by atoms with Gasteiger partial charge in [0.05, 0.1) is 0 Å². The minimum Gasteiger partial charge on any atom is -0.507 e. The van der Waals surface area contributed by atoms with E-state index in [4.69, 9.17) is 29.7 Å².